The molecule has 0 N–H and O–H groups in total. The summed E-state index contributed by atoms with van der Waals surface area (Å²) in [7, 11) is 0. The second-order valence-electron chi connectivity index (χ2n) is 4.64. The molecule has 1 rings (SSSR count). The molecule has 0 radical (unpaired) electrons. The number of halogens is 2. The average Bonchev–Trinajstić information content (AvgIpc) is 2.38. The first kappa shape index (κ1) is 16.5. The number of benzene rings is 1. The Hall–Kier alpha value is -1.55. The van der Waals surface area contributed by atoms with Crippen LogP contribution in [0.4, 0.5) is 4.39 Å². The number of hydrogen-bond donors (Lipinski definition) is 0. The summed E-state index contributed by atoms with van der Waals surface area (Å²) in [5, 5.41) is 0.146. The molecule has 0 aliphatic carbocycles. The van der Waals surface area contributed by atoms with E-state index in [2.05, 4.69) is 6.58 Å². The van der Waals surface area contributed by atoms with Gasteiger partial charge in [0.15, 0.2) is 6.10 Å². The molecule has 0 heterocycles. The summed E-state index contributed by atoms with van der Waals surface area (Å²) in [4.78, 5) is 13.9. The van der Waals surface area contributed by atoms with Gasteiger partial charge in [0.1, 0.15) is 11.6 Å². The zero-order chi connectivity index (χ0) is 15.3. The standard InChI is InChI=1S/C15H19ClFNO2/c1-5-18(9-10(2)3)15(19)11(4)20-14-7-6-12(17)8-13(14)16/h6-8,11H,2,5,9H2,1,3-4H3. The Balaban J connectivity index is 2.76. The average molecular weight is 300 g/mol. The molecule has 0 aromatic heterocycles. The highest BCUT2D eigenvalue weighted by atomic mass is 35.5. The lowest BCUT2D eigenvalue weighted by Crippen LogP contribution is -2.41. The Kier molecular flexibility index (Phi) is 6.02. The molecular weight excluding hydrogens is 281 g/mol. The predicted molar refractivity (Wildman–Crippen MR) is 78.6 cm³/mol. The number of nitrogens with zero attached hydrogens (tertiary/aromatic N) is 1. The van der Waals surface area contributed by atoms with E-state index in [4.69, 9.17) is 16.3 Å². The van der Waals surface area contributed by atoms with Crippen molar-refractivity contribution in [2.45, 2.75) is 26.9 Å². The van der Waals surface area contributed by atoms with E-state index < -0.39 is 11.9 Å². The van der Waals surface area contributed by atoms with Crippen LogP contribution < -0.4 is 4.74 Å². The summed E-state index contributed by atoms with van der Waals surface area (Å²) >= 11 is 5.87. The minimum atomic E-state index is -0.697. The van der Waals surface area contributed by atoms with Gasteiger partial charge in [-0.25, -0.2) is 4.39 Å². The lowest BCUT2D eigenvalue weighted by atomic mass is 10.2. The molecule has 1 amide bonds. The fraction of sp³-hybridized carbons (Fsp3) is 0.400. The molecule has 110 valence electrons. The molecule has 0 bridgehead atoms. The Bertz CT molecular complexity index is 505. The predicted octanol–water partition coefficient (Wildman–Crippen LogP) is 3.67. The van der Waals surface area contributed by atoms with Gasteiger partial charge in [0.2, 0.25) is 0 Å². The molecule has 20 heavy (non-hydrogen) atoms. The maximum Gasteiger partial charge on any atom is 0.263 e. The Morgan fingerprint density at radius 2 is 2.20 bits per heavy atom. The summed E-state index contributed by atoms with van der Waals surface area (Å²) in [6.45, 7) is 10.2. The van der Waals surface area contributed by atoms with Crippen molar-refractivity contribution < 1.29 is 13.9 Å². The molecule has 3 nitrogen and oxygen atoms in total. The van der Waals surface area contributed by atoms with E-state index >= 15 is 0 Å². The van der Waals surface area contributed by atoms with E-state index in [0.717, 1.165) is 11.6 Å². The van der Waals surface area contributed by atoms with Crippen LogP contribution in [-0.4, -0.2) is 30.0 Å². The van der Waals surface area contributed by atoms with Gasteiger partial charge in [0, 0.05) is 13.1 Å². The maximum absolute atomic E-state index is 12.9. The van der Waals surface area contributed by atoms with Gasteiger partial charge in [-0.2, -0.15) is 0 Å². The van der Waals surface area contributed by atoms with Crippen LogP contribution in [0.15, 0.2) is 30.4 Å². The number of hydrogen-bond acceptors (Lipinski definition) is 2. The fourth-order valence-corrected chi connectivity index (χ4v) is 1.95. The first-order valence-corrected chi connectivity index (χ1v) is 6.77. The highest BCUT2D eigenvalue weighted by Crippen LogP contribution is 2.26. The molecule has 0 aliphatic heterocycles. The fourth-order valence-electron chi connectivity index (χ4n) is 1.74. The number of ether oxygens (including phenoxy) is 1. The van der Waals surface area contributed by atoms with Crippen molar-refractivity contribution in [1.82, 2.24) is 4.90 Å². The van der Waals surface area contributed by atoms with E-state index in [1.807, 2.05) is 13.8 Å². The van der Waals surface area contributed by atoms with Gasteiger partial charge < -0.3 is 9.64 Å². The largest absolute Gasteiger partial charge is 0.479 e. The van der Waals surface area contributed by atoms with E-state index in [-0.39, 0.29) is 10.9 Å². The second kappa shape index (κ2) is 7.29. The number of amides is 1. The molecule has 0 saturated heterocycles. The van der Waals surface area contributed by atoms with Crippen LogP contribution in [0, 0.1) is 5.82 Å². The third kappa shape index (κ3) is 4.53. The van der Waals surface area contributed by atoms with Gasteiger partial charge in [-0.15, -0.1) is 0 Å². The van der Waals surface area contributed by atoms with Crippen LogP contribution >= 0.6 is 11.6 Å². The van der Waals surface area contributed by atoms with Crippen molar-refractivity contribution in [2.24, 2.45) is 0 Å². The maximum atomic E-state index is 12.9. The van der Waals surface area contributed by atoms with Gasteiger partial charge in [0.25, 0.3) is 5.91 Å². The van der Waals surface area contributed by atoms with Crippen molar-refractivity contribution in [3.05, 3.63) is 41.2 Å². The Morgan fingerprint density at radius 3 is 2.70 bits per heavy atom. The van der Waals surface area contributed by atoms with Gasteiger partial charge in [-0.3, -0.25) is 4.79 Å². The van der Waals surface area contributed by atoms with Crippen LogP contribution in [0.2, 0.25) is 5.02 Å². The monoisotopic (exact) mass is 299 g/mol. The van der Waals surface area contributed by atoms with Crippen molar-refractivity contribution in [3.63, 3.8) is 0 Å². The second-order valence-corrected chi connectivity index (χ2v) is 5.05. The zero-order valence-corrected chi connectivity index (χ0v) is 12.7. The van der Waals surface area contributed by atoms with E-state index in [1.54, 1.807) is 11.8 Å². The zero-order valence-electron chi connectivity index (χ0n) is 12.0. The summed E-state index contributed by atoms with van der Waals surface area (Å²) in [6, 6.07) is 3.81. The lowest BCUT2D eigenvalue weighted by Gasteiger charge is -2.25. The molecule has 1 atom stereocenters. The third-order valence-electron chi connectivity index (χ3n) is 2.70. The summed E-state index contributed by atoms with van der Waals surface area (Å²) in [5.41, 5.74) is 0.896. The molecule has 1 unspecified atom stereocenters. The van der Waals surface area contributed by atoms with Crippen molar-refractivity contribution in [3.8, 4) is 5.75 Å². The topological polar surface area (TPSA) is 29.5 Å². The van der Waals surface area contributed by atoms with E-state index in [0.29, 0.717) is 18.8 Å². The Morgan fingerprint density at radius 1 is 1.55 bits per heavy atom. The number of carbonyl (C=O) groups is 1. The minimum Gasteiger partial charge on any atom is -0.479 e. The summed E-state index contributed by atoms with van der Waals surface area (Å²) in [5.74, 6) is -0.310. The molecule has 0 saturated carbocycles. The quantitative estimate of drug-likeness (QED) is 0.750. The summed E-state index contributed by atoms with van der Waals surface area (Å²) in [6.07, 6.45) is -0.697. The highest BCUT2D eigenvalue weighted by Gasteiger charge is 2.21. The van der Waals surface area contributed by atoms with Crippen LogP contribution in [0.3, 0.4) is 0 Å². The van der Waals surface area contributed by atoms with E-state index in [1.165, 1.54) is 12.1 Å². The SMILES string of the molecule is C=C(C)CN(CC)C(=O)C(C)Oc1ccc(F)cc1Cl. The van der Waals surface area contributed by atoms with Crippen molar-refractivity contribution in [1.29, 1.82) is 0 Å². The van der Waals surface area contributed by atoms with Crippen LogP contribution in [0.25, 0.3) is 0 Å². The third-order valence-corrected chi connectivity index (χ3v) is 2.99. The van der Waals surface area contributed by atoms with Crippen molar-refractivity contribution >= 4 is 17.5 Å². The van der Waals surface area contributed by atoms with Crippen LogP contribution in [-0.2, 0) is 4.79 Å². The van der Waals surface area contributed by atoms with Crippen LogP contribution in [0.1, 0.15) is 20.8 Å². The van der Waals surface area contributed by atoms with Gasteiger partial charge in [-0.1, -0.05) is 23.8 Å². The smallest absolute Gasteiger partial charge is 0.263 e. The lowest BCUT2D eigenvalue weighted by molar-refractivity contribution is -0.137. The minimum absolute atomic E-state index is 0.146. The van der Waals surface area contributed by atoms with Crippen molar-refractivity contribution in [2.75, 3.05) is 13.1 Å². The Labute approximate surface area is 124 Å². The molecule has 5 heteroatoms. The van der Waals surface area contributed by atoms with Crippen LogP contribution in [0.5, 0.6) is 5.75 Å². The first-order valence-electron chi connectivity index (χ1n) is 6.40. The molecule has 1 aromatic carbocycles. The highest BCUT2D eigenvalue weighted by molar-refractivity contribution is 6.32. The number of rotatable bonds is 6. The first-order chi connectivity index (χ1) is 9.35. The molecule has 0 spiro atoms. The van der Waals surface area contributed by atoms with Gasteiger partial charge >= 0.3 is 0 Å². The molecule has 0 aliphatic rings. The molecule has 1 aromatic rings. The number of likely N-dealkylation sites (N-methyl/N-ethyl adjacent to an activating group) is 1. The number of carbonyl (C=O) groups excluding carboxylic acids is 1. The van der Waals surface area contributed by atoms with Gasteiger partial charge in [-0.05, 0) is 39.0 Å². The normalized spacial score (nSPS) is 11.8. The summed E-state index contributed by atoms with van der Waals surface area (Å²) < 4.78 is 18.5. The molecular formula is C15H19ClFNO2. The molecule has 0 fully saturated rings. The van der Waals surface area contributed by atoms with Gasteiger partial charge in [0.05, 0.1) is 5.02 Å². The van der Waals surface area contributed by atoms with E-state index in [9.17, 15) is 9.18 Å².